The summed E-state index contributed by atoms with van der Waals surface area (Å²) in [6, 6.07) is 63.9. The van der Waals surface area contributed by atoms with E-state index in [0.29, 0.717) is 5.82 Å². The van der Waals surface area contributed by atoms with Gasteiger partial charge in [-0.2, -0.15) is 0 Å². The topological polar surface area (TPSA) is 48.8 Å². The van der Waals surface area contributed by atoms with E-state index in [1.54, 1.807) is 0 Å². The highest BCUT2D eigenvalue weighted by Crippen LogP contribution is 2.49. The van der Waals surface area contributed by atoms with Crippen molar-refractivity contribution in [2.45, 2.75) is 0 Å². The first kappa shape index (κ1) is 30.0. The molecule has 12 rings (SSSR count). The summed E-state index contributed by atoms with van der Waals surface area (Å²) in [6.07, 6.45) is 0. The molecule has 0 amide bonds. The summed E-state index contributed by atoms with van der Waals surface area (Å²) in [7, 11) is 0. The summed E-state index contributed by atoms with van der Waals surface area (Å²) < 4.78 is 11.8. The Kier molecular flexibility index (Phi) is 6.27. The molecule has 0 bridgehead atoms. The molecule has 4 aromatic heterocycles. The molecular formula is C50H30N4O. The minimum atomic E-state index is 0.708. The molecule has 5 nitrogen and oxygen atoms in total. The van der Waals surface area contributed by atoms with Gasteiger partial charge in [0.05, 0.1) is 38.7 Å². The molecule has 0 spiro atoms. The smallest absolute Gasteiger partial charge is 0.160 e. The normalized spacial score (nSPS) is 12.0. The van der Waals surface area contributed by atoms with Crippen molar-refractivity contribution in [2.24, 2.45) is 0 Å². The minimum absolute atomic E-state index is 0.708. The third-order valence-electron chi connectivity index (χ3n) is 11.1. The maximum absolute atomic E-state index is 6.93. The Morgan fingerprint density at radius 2 is 0.964 bits per heavy atom. The van der Waals surface area contributed by atoms with E-state index in [1.165, 1.54) is 10.8 Å². The summed E-state index contributed by atoms with van der Waals surface area (Å²) in [5.41, 5.74) is 12.2. The predicted octanol–water partition coefficient (Wildman–Crippen LogP) is 13.1. The molecule has 55 heavy (non-hydrogen) atoms. The molecule has 0 fully saturated rings. The number of furan rings is 1. The van der Waals surface area contributed by atoms with Crippen LogP contribution in [0.15, 0.2) is 186 Å². The zero-order valence-corrected chi connectivity index (χ0v) is 29.5. The Bertz CT molecular complexity index is 3470. The Balaban J connectivity index is 1.29. The van der Waals surface area contributed by atoms with Crippen LogP contribution in [-0.2, 0) is 0 Å². The number of benzene rings is 8. The molecule has 5 heteroatoms. The average Bonchev–Trinajstić information content (AvgIpc) is 3.92. The first-order chi connectivity index (χ1) is 27.3. The third kappa shape index (κ3) is 4.29. The number of para-hydroxylation sites is 4. The molecule has 0 aliphatic heterocycles. The van der Waals surface area contributed by atoms with Crippen LogP contribution >= 0.6 is 0 Å². The highest BCUT2D eigenvalue weighted by molar-refractivity contribution is 6.39. The lowest BCUT2D eigenvalue weighted by Gasteiger charge is -2.15. The quantitative estimate of drug-likeness (QED) is 0.183. The van der Waals surface area contributed by atoms with E-state index >= 15 is 0 Å². The van der Waals surface area contributed by atoms with Gasteiger partial charge in [0.2, 0.25) is 0 Å². The van der Waals surface area contributed by atoms with E-state index in [-0.39, 0.29) is 0 Å². The van der Waals surface area contributed by atoms with E-state index in [2.05, 4.69) is 167 Å². The lowest BCUT2D eigenvalue weighted by molar-refractivity contribution is 0.673. The Morgan fingerprint density at radius 3 is 1.69 bits per heavy atom. The fourth-order valence-corrected chi connectivity index (χ4v) is 8.78. The first-order valence-electron chi connectivity index (χ1n) is 18.6. The lowest BCUT2D eigenvalue weighted by Crippen LogP contribution is -2.00. The number of hydrogen-bond donors (Lipinski definition) is 0. The molecule has 8 aromatic carbocycles. The van der Waals surface area contributed by atoms with Crippen molar-refractivity contribution in [1.29, 1.82) is 0 Å². The highest BCUT2D eigenvalue weighted by atomic mass is 16.3. The van der Waals surface area contributed by atoms with Crippen LogP contribution in [0.2, 0.25) is 0 Å². The van der Waals surface area contributed by atoms with Crippen LogP contribution in [0.4, 0.5) is 0 Å². The van der Waals surface area contributed by atoms with E-state index in [1.807, 2.05) is 24.3 Å². The lowest BCUT2D eigenvalue weighted by atomic mass is 10.0. The van der Waals surface area contributed by atoms with Crippen molar-refractivity contribution in [3.05, 3.63) is 182 Å². The van der Waals surface area contributed by atoms with Crippen molar-refractivity contribution in [3.63, 3.8) is 0 Å². The monoisotopic (exact) mass is 702 g/mol. The zero-order chi connectivity index (χ0) is 36.0. The molecule has 12 aromatic rings. The molecule has 256 valence electrons. The van der Waals surface area contributed by atoms with Crippen molar-refractivity contribution < 1.29 is 4.42 Å². The van der Waals surface area contributed by atoms with E-state index < -0.39 is 0 Å². The summed E-state index contributed by atoms with van der Waals surface area (Å²) in [6.45, 7) is 0. The number of nitrogens with zero attached hydrogens (tertiary/aromatic N) is 4. The summed E-state index contributed by atoms with van der Waals surface area (Å²) >= 11 is 0. The van der Waals surface area contributed by atoms with Crippen molar-refractivity contribution >= 4 is 76.5 Å². The molecule has 0 unspecified atom stereocenters. The van der Waals surface area contributed by atoms with Gasteiger partial charge >= 0.3 is 0 Å². The van der Waals surface area contributed by atoms with Gasteiger partial charge in [-0.05, 0) is 48.5 Å². The zero-order valence-electron chi connectivity index (χ0n) is 29.5. The average molecular weight is 703 g/mol. The Morgan fingerprint density at radius 1 is 0.400 bits per heavy atom. The van der Waals surface area contributed by atoms with Crippen molar-refractivity contribution in [3.8, 4) is 34.0 Å². The Labute approximate surface area is 315 Å². The van der Waals surface area contributed by atoms with Crippen LogP contribution in [-0.4, -0.2) is 19.1 Å². The molecule has 0 atom stereocenters. The van der Waals surface area contributed by atoms with Gasteiger partial charge in [0.1, 0.15) is 11.2 Å². The molecule has 0 aliphatic rings. The van der Waals surface area contributed by atoms with Crippen LogP contribution in [0, 0.1) is 0 Å². The number of hydrogen-bond acceptors (Lipinski definition) is 3. The number of aromatic nitrogens is 4. The van der Waals surface area contributed by atoms with Crippen LogP contribution in [0.3, 0.4) is 0 Å². The minimum Gasteiger partial charge on any atom is -0.455 e. The van der Waals surface area contributed by atoms with E-state index in [4.69, 9.17) is 14.4 Å². The SMILES string of the molecule is c1ccc(-c2nc(-c3ccccc3)c3cc(-n4c5ccccc5c5c6c7ccccc7oc6c6c7ccccc7n(-c7ccccc7)c6c54)ccc3n2)cc1. The van der Waals surface area contributed by atoms with Crippen LogP contribution < -0.4 is 0 Å². The third-order valence-corrected chi connectivity index (χ3v) is 11.1. The molecule has 4 heterocycles. The van der Waals surface area contributed by atoms with Gasteiger partial charge < -0.3 is 13.6 Å². The molecule has 0 N–H and O–H groups in total. The second kappa shape index (κ2) is 11.5. The van der Waals surface area contributed by atoms with E-state index in [0.717, 1.165) is 93.9 Å². The summed E-state index contributed by atoms with van der Waals surface area (Å²) in [5.74, 6) is 0.708. The molecule has 0 aliphatic carbocycles. The Hall–Kier alpha value is -7.50. The van der Waals surface area contributed by atoms with Gasteiger partial charge in [0.25, 0.3) is 0 Å². The van der Waals surface area contributed by atoms with Crippen LogP contribution in [0.25, 0.3) is 110 Å². The summed E-state index contributed by atoms with van der Waals surface area (Å²) in [5, 5.41) is 7.81. The fraction of sp³-hybridized carbons (Fsp3) is 0. The van der Waals surface area contributed by atoms with Gasteiger partial charge in [-0.25, -0.2) is 9.97 Å². The maximum Gasteiger partial charge on any atom is 0.160 e. The second-order valence-corrected chi connectivity index (χ2v) is 14.1. The standard InChI is InChI=1S/C50H30N4O/c1-4-16-31(17-5-1)46-38-30-34(28-29-39(38)51-50(52-46)32-18-6-2-7-19-32)54-40-25-13-10-22-35(40)43-44-37-24-12-15-27-42(37)55-49(44)45-36-23-11-14-26-41(36)53(48(45)47(43)54)33-20-8-3-9-21-33/h1-30H. The van der Waals surface area contributed by atoms with Crippen LogP contribution in [0.5, 0.6) is 0 Å². The summed E-state index contributed by atoms with van der Waals surface area (Å²) in [4.78, 5) is 10.4. The van der Waals surface area contributed by atoms with Gasteiger partial charge in [-0.3, -0.25) is 0 Å². The van der Waals surface area contributed by atoms with Gasteiger partial charge in [0, 0.05) is 54.8 Å². The number of rotatable bonds is 4. The fourth-order valence-electron chi connectivity index (χ4n) is 8.78. The van der Waals surface area contributed by atoms with Crippen LogP contribution in [0.1, 0.15) is 0 Å². The van der Waals surface area contributed by atoms with Gasteiger partial charge in [-0.15, -0.1) is 0 Å². The van der Waals surface area contributed by atoms with E-state index in [9.17, 15) is 0 Å². The molecular weight excluding hydrogens is 673 g/mol. The van der Waals surface area contributed by atoms with Crippen molar-refractivity contribution in [1.82, 2.24) is 19.1 Å². The highest BCUT2D eigenvalue weighted by Gasteiger charge is 2.28. The predicted molar refractivity (Wildman–Crippen MR) is 226 cm³/mol. The molecule has 0 saturated carbocycles. The molecule has 0 saturated heterocycles. The second-order valence-electron chi connectivity index (χ2n) is 14.1. The maximum atomic E-state index is 6.93. The first-order valence-corrected chi connectivity index (χ1v) is 18.6. The van der Waals surface area contributed by atoms with Gasteiger partial charge in [0.15, 0.2) is 5.82 Å². The largest absolute Gasteiger partial charge is 0.455 e. The van der Waals surface area contributed by atoms with Gasteiger partial charge in [-0.1, -0.05) is 133 Å². The van der Waals surface area contributed by atoms with Crippen molar-refractivity contribution in [2.75, 3.05) is 0 Å². The molecule has 0 radical (unpaired) electrons. The number of fused-ring (bicyclic) bond motifs is 13.